The molecule has 0 spiro atoms. The first-order chi connectivity index (χ1) is 25.3. The molecule has 1 fully saturated rings. The first kappa shape index (κ1) is 46.2. The molecule has 0 saturated carbocycles. The van der Waals surface area contributed by atoms with Crippen molar-refractivity contribution in [3.05, 3.63) is 0 Å². The molecule has 1 aromatic heterocycles. The average Bonchev–Trinajstić information content (AvgIpc) is 3.59. The molecule has 0 radical (unpaired) electrons. The van der Waals surface area contributed by atoms with Gasteiger partial charge >= 0.3 is 17.9 Å². The Labute approximate surface area is 322 Å². The van der Waals surface area contributed by atoms with Crippen molar-refractivity contribution in [1.29, 1.82) is 0 Å². The quantitative estimate of drug-likeness (QED) is 0.0498. The van der Waals surface area contributed by atoms with Gasteiger partial charge in [-0.3, -0.25) is 9.59 Å². The smallest absolute Gasteiger partial charge is 0.347 e. The van der Waals surface area contributed by atoms with Gasteiger partial charge in [-0.15, -0.1) is 4.37 Å². The van der Waals surface area contributed by atoms with E-state index in [1.807, 2.05) is 25.7 Å². The molecule has 14 heteroatoms. The van der Waals surface area contributed by atoms with Crippen molar-refractivity contribution < 1.29 is 42.9 Å². The number of rotatable bonds is 27. The summed E-state index contributed by atoms with van der Waals surface area (Å²) in [6.45, 7) is 14.4. The molecule has 0 N–H and O–H groups in total. The monoisotopic (exact) mass is 768 g/mol. The maximum absolute atomic E-state index is 13.2. The van der Waals surface area contributed by atoms with Gasteiger partial charge in [-0.2, -0.15) is 4.37 Å². The number of amides is 1. The van der Waals surface area contributed by atoms with Crippen molar-refractivity contribution in [3.63, 3.8) is 0 Å². The molecular formula is C39H68N4O9S. The second kappa shape index (κ2) is 25.9. The summed E-state index contributed by atoms with van der Waals surface area (Å²) in [6.07, 6.45) is 15.3. The fourth-order valence-corrected chi connectivity index (χ4v) is 6.65. The zero-order chi connectivity index (χ0) is 39.1. The highest BCUT2D eigenvalue weighted by Gasteiger charge is 2.32. The third-order valence-corrected chi connectivity index (χ3v) is 9.77. The fourth-order valence-electron chi connectivity index (χ4n) is 6.13. The van der Waals surface area contributed by atoms with Crippen LogP contribution < -0.4 is 9.64 Å². The highest BCUT2D eigenvalue weighted by atomic mass is 32.1. The fraction of sp³-hybridized carbons (Fsp3) is 0.846. The highest BCUT2D eigenvalue weighted by molar-refractivity contribution is 6.99. The van der Waals surface area contributed by atoms with E-state index in [2.05, 4.69) is 15.7 Å². The van der Waals surface area contributed by atoms with Gasteiger partial charge in [0.2, 0.25) is 11.7 Å². The molecule has 0 bridgehead atoms. The summed E-state index contributed by atoms with van der Waals surface area (Å²) in [5.41, 5.74) is -0.568. The number of hydrogen-bond acceptors (Lipinski definition) is 13. The molecule has 1 aromatic rings. The predicted octanol–water partition coefficient (Wildman–Crippen LogP) is 7.44. The van der Waals surface area contributed by atoms with E-state index in [1.54, 1.807) is 4.90 Å². The molecular weight excluding hydrogens is 701 g/mol. The van der Waals surface area contributed by atoms with E-state index in [-0.39, 0.29) is 25.5 Å². The normalized spacial score (nSPS) is 15.0. The van der Waals surface area contributed by atoms with Crippen LogP contribution in [-0.4, -0.2) is 101 Å². The molecule has 304 valence electrons. The summed E-state index contributed by atoms with van der Waals surface area (Å²) >= 11 is 1.01. The Balaban J connectivity index is 1.74. The molecule has 1 amide bonds. The molecule has 0 aromatic carbocycles. The van der Waals surface area contributed by atoms with Crippen molar-refractivity contribution >= 4 is 41.4 Å². The maximum atomic E-state index is 13.2. The summed E-state index contributed by atoms with van der Waals surface area (Å²) < 4.78 is 36.4. The van der Waals surface area contributed by atoms with E-state index in [4.69, 9.17) is 23.7 Å². The number of esters is 3. The van der Waals surface area contributed by atoms with Crippen LogP contribution >= 0.6 is 11.7 Å². The van der Waals surface area contributed by atoms with Crippen LogP contribution in [0.3, 0.4) is 0 Å². The van der Waals surface area contributed by atoms with Gasteiger partial charge in [0.1, 0.15) is 6.61 Å². The summed E-state index contributed by atoms with van der Waals surface area (Å²) in [5, 5.41) is 0. The van der Waals surface area contributed by atoms with E-state index >= 15 is 0 Å². The molecule has 53 heavy (non-hydrogen) atoms. The van der Waals surface area contributed by atoms with Gasteiger partial charge in [0.15, 0.2) is 18.3 Å². The molecule has 1 aliphatic rings. The minimum Gasteiger partial charge on any atom is -0.470 e. The Kier molecular flexibility index (Phi) is 22.6. The lowest BCUT2D eigenvalue weighted by atomic mass is 10.0. The average molecular weight is 769 g/mol. The maximum Gasteiger partial charge on any atom is 0.347 e. The first-order valence-corrected chi connectivity index (χ1v) is 20.7. The highest BCUT2D eigenvalue weighted by Crippen LogP contribution is 2.27. The number of aromatic nitrogens is 2. The third kappa shape index (κ3) is 19.2. The zero-order valence-electron chi connectivity index (χ0n) is 33.7. The summed E-state index contributed by atoms with van der Waals surface area (Å²) in [7, 11) is 0. The number of nitrogens with zero attached hydrogens (tertiary/aromatic N) is 4. The Morgan fingerprint density at radius 3 is 1.81 bits per heavy atom. The van der Waals surface area contributed by atoms with Gasteiger partial charge < -0.3 is 33.5 Å². The van der Waals surface area contributed by atoms with Crippen molar-refractivity contribution in [2.24, 2.45) is 0 Å². The first-order valence-electron chi connectivity index (χ1n) is 20.0. The molecule has 2 unspecified atom stereocenters. The Morgan fingerprint density at radius 1 is 0.774 bits per heavy atom. The van der Waals surface area contributed by atoms with Crippen LogP contribution in [0.15, 0.2) is 0 Å². The largest absolute Gasteiger partial charge is 0.470 e. The van der Waals surface area contributed by atoms with Crippen molar-refractivity contribution in [2.75, 3.05) is 44.4 Å². The predicted molar refractivity (Wildman–Crippen MR) is 206 cm³/mol. The second-order valence-corrected chi connectivity index (χ2v) is 15.6. The number of unbranched alkanes of at least 4 members (excludes halogenated alkanes) is 14. The number of morpholine rings is 1. The molecule has 3 atom stereocenters. The zero-order valence-corrected chi connectivity index (χ0v) is 34.5. The number of ether oxygens (including phenoxy) is 5. The molecule has 2 heterocycles. The van der Waals surface area contributed by atoms with Gasteiger partial charge in [-0.1, -0.05) is 96.8 Å². The van der Waals surface area contributed by atoms with Crippen LogP contribution in [0.2, 0.25) is 0 Å². The van der Waals surface area contributed by atoms with E-state index < -0.39 is 41.8 Å². The van der Waals surface area contributed by atoms with E-state index in [1.165, 1.54) is 91.4 Å². The lowest BCUT2D eigenvalue weighted by molar-refractivity contribution is -0.180. The number of anilines is 1. The Bertz CT molecular complexity index is 1200. The summed E-state index contributed by atoms with van der Waals surface area (Å²) in [6, 6.07) is 0. The van der Waals surface area contributed by atoms with Crippen LogP contribution in [0.4, 0.5) is 5.82 Å². The van der Waals surface area contributed by atoms with E-state index in [0.29, 0.717) is 44.4 Å². The Morgan fingerprint density at radius 2 is 1.28 bits per heavy atom. The van der Waals surface area contributed by atoms with Crippen LogP contribution in [-0.2, 0) is 38.1 Å². The molecule has 13 nitrogen and oxygen atoms in total. The van der Waals surface area contributed by atoms with Gasteiger partial charge in [0.05, 0.1) is 31.5 Å². The molecule has 1 aliphatic heterocycles. The van der Waals surface area contributed by atoms with Crippen molar-refractivity contribution in [1.82, 2.24) is 13.6 Å². The van der Waals surface area contributed by atoms with Gasteiger partial charge in [0, 0.05) is 32.0 Å². The van der Waals surface area contributed by atoms with Gasteiger partial charge in [-0.25, -0.2) is 9.59 Å². The SMILES string of the molecule is CCCCCCCCCCCCCCCCCC(=O)OC(C)C(=O)OC(C)C(=O)O[C@H](COc1nsnc1N1CCOCC1)CN(C(C)=O)C(C)(C)C. The number of carbonyl (C=O) groups excluding carboxylic acids is 4. The minimum atomic E-state index is -1.30. The molecule has 0 aliphatic carbocycles. The number of hydrogen-bond donors (Lipinski definition) is 0. The van der Waals surface area contributed by atoms with Crippen LogP contribution in [0.1, 0.15) is 151 Å². The molecule has 1 saturated heterocycles. The van der Waals surface area contributed by atoms with E-state index in [9.17, 15) is 19.2 Å². The van der Waals surface area contributed by atoms with Crippen molar-refractivity contribution in [3.8, 4) is 5.88 Å². The lowest BCUT2D eigenvalue weighted by Crippen LogP contribution is -2.50. The van der Waals surface area contributed by atoms with Crippen LogP contribution in [0.25, 0.3) is 0 Å². The number of carbonyl (C=O) groups is 4. The van der Waals surface area contributed by atoms with E-state index in [0.717, 1.165) is 31.0 Å². The topological polar surface area (TPSA) is 147 Å². The van der Waals surface area contributed by atoms with Crippen LogP contribution in [0.5, 0.6) is 5.88 Å². The summed E-state index contributed by atoms with van der Waals surface area (Å²) in [5.74, 6) is -1.49. The standard InChI is InChI=1S/C39H68N4O9S/c1-8-9-10-11-12-13-14-15-16-17-18-19-20-21-22-23-34(45)50-30(2)37(46)51-31(3)38(47)52-33(28-43(32(4)44)39(5,6)7)29-49-36-35(40-53-41-36)42-24-26-48-27-25-42/h30-31,33H,8-29H2,1-7H3/t30?,31?,33-/m0/s1. The Hall–Kier alpha value is -3.00. The van der Waals surface area contributed by atoms with Gasteiger partial charge in [-0.05, 0) is 41.0 Å². The third-order valence-electron chi connectivity index (χ3n) is 9.27. The molecule has 2 rings (SSSR count). The lowest BCUT2D eigenvalue weighted by Gasteiger charge is -2.37. The van der Waals surface area contributed by atoms with Crippen LogP contribution in [0, 0.1) is 0 Å². The summed E-state index contributed by atoms with van der Waals surface area (Å²) in [4.78, 5) is 54.4. The minimum absolute atomic E-state index is 0.0308. The van der Waals surface area contributed by atoms with Gasteiger partial charge in [0.25, 0.3) is 5.88 Å². The van der Waals surface area contributed by atoms with Crippen molar-refractivity contribution in [2.45, 2.75) is 175 Å². The second-order valence-electron chi connectivity index (χ2n) is 15.1.